The second-order valence-electron chi connectivity index (χ2n) is 34.6. The number of piperidine rings is 2. The standard InChI is InChI=1S/C44H71NO11.C43H67NO12/c1-9-12-32-18-26(2)17-27(3)19-38(53-7)42-39(54-8)21-29(5)44(52,56-42)24-40(50)45-16-11-10-13-34(45)43(51)55-41(30(6)36(48)23-37(32)49)28(4)20-31-14-15-35(47)33(22-31)25-46;1-9-12-30-18-24(2)17-25(3)19-36(53-7)39-37(54-8)21-27(5)43(52,56-39)40(49)41(50)44-16-11-10-13-31(44)42(51)55-38(28(6)33(46)23-34(30)47)26(4)20-29-14-15-32(45)35(48)22-29/h9,18,20,27,29-36,38-39,41-42,46-48,52H,1,10-17,19,21-25H2,2-8H3;9,18,20,25,27-33,35-39,45-46,48,52H,1,10-17,19,21-23H2,2-8H3/b26-18+,28-20+;24-18+,26-20+/t27-,29+,30+,31?,32+,33-,34?,35+,36+,38-,39-,41+,42+,44-;25-,27+,28+,29?,30+,31?,32+,33+,35+,36-,37-,38+,39+,43+/m00/s1. The Morgan fingerprint density at radius 3 is 1.41 bits per heavy atom. The van der Waals surface area contributed by atoms with E-state index in [0.29, 0.717) is 133 Å². The molecular formula is C87H138N2O23. The van der Waals surface area contributed by atoms with Gasteiger partial charge in [0.05, 0.1) is 61.4 Å². The molecule has 0 spiro atoms. The molecule has 2 amide bonds. The van der Waals surface area contributed by atoms with E-state index < -0.39 is 168 Å². The normalized spacial score (nSPS) is 41.5. The van der Waals surface area contributed by atoms with Crippen molar-refractivity contribution >= 4 is 41.1 Å². The number of allylic oxidation sites excluding steroid dienone is 8. The number of aliphatic hydroxyl groups excluding tert-OH is 6. The molecule has 0 aromatic carbocycles. The van der Waals surface area contributed by atoms with Gasteiger partial charge in [0.1, 0.15) is 48.1 Å². The Kier molecular flexibility index (Phi) is 36.3. The molecule has 6 fully saturated rings. The van der Waals surface area contributed by atoms with Gasteiger partial charge in [-0.25, -0.2) is 9.59 Å². The molecule has 4 unspecified atom stereocenters. The van der Waals surface area contributed by atoms with Crippen LogP contribution in [0.15, 0.2) is 71.9 Å². The topological polar surface area (TPSA) is 362 Å². The largest absolute Gasteiger partial charge is 0.456 e. The molecule has 25 nitrogen and oxygen atoms in total. The first kappa shape index (κ1) is 93.9. The number of Topliss-reactive ketones (excluding diaryl/α,β-unsaturated/α-hetero) is 3. The van der Waals surface area contributed by atoms with Gasteiger partial charge < -0.3 is 88.5 Å². The zero-order valence-corrected chi connectivity index (χ0v) is 69.4. The summed E-state index contributed by atoms with van der Waals surface area (Å²) in [7, 11) is 6.24. The molecule has 0 aromatic rings. The highest BCUT2D eigenvalue weighted by Gasteiger charge is 2.58. The van der Waals surface area contributed by atoms with Crippen LogP contribution in [0.25, 0.3) is 0 Å². The molecule has 2 saturated carbocycles. The van der Waals surface area contributed by atoms with Crippen LogP contribution in [0.5, 0.6) is 0 Å². The summed E-state index contributed by atoms with van der Waals surface area (Å²) in [4.78, 5) is 102. The number of ether oxygens (including phenoxy) is 8. The van der Waals surface area contributed by atoms with Gasteiger partial charge in [0.15, 0.2) is 5.79 Å². The first-order valence-electron chi connectivity index (χ1n) is 41.5. The van der Waals surface area contributed by atoms with Gasteiger partial charge in [-0.2, -0.15) is 0 Å². The maximum Gasteiger partial charge on any atom is 0.329 e. The number of esters is 2. The lowest BCUT2D eigenvalue weighted by Crippen LogP contribution is -2.64. The van der Waals surface area contributed by atoms with Crippen molar-refractivity contribution in [2.75, 3.05) is 48.1 Å². The highest BCUT2D eigenvalue weighted by molar-refractivity contribution is 6.39. The lowest BCUT2D eigenvalue weighted by Gasteiger charge is -2.48. The van der Waals surface area contributed by atoms with E-state index >= 15 is 0 Å². The molecular weight excluding hydrogens is 1440 g/mol. The average Bonchev–Trinajstić information content (AvgIpc) is 0.797. The summed E-state index contributed by atoms with van der Waals surface area (Å²) in [6.45, 7) is 26.6. The van der Waals surface area contributed by atoms with Gasteiger partial charge in [-0.1, -0.05) is 89.1 Å². The fourth-order valence-corrected chi connectivity index (χ4v) is 18.8. The summed E-state index contributed by atoms with van der Waals surface area (Å²) in [5.74, 6) is -12.9. The molecule has 0 radical (unpaired) electrons. The third kappa shape index (κ3) is 24.2. The summed E-state index contributed by atoms with van der Waals surface area (Å²) in [5, 5.41) is 88.2. The van der Waals surface area contributed by atoms with Gasteiger partial charge in [-0.05, 0) is 191 Å². The summed E-state index contributed by atoms with van der Waals surface area (Å²) >= 11 is 0. The molecule has 0 aromatic heterocycles. The van der Waals surface area contributed by atoms with Crippen molar-refractivity contribution in [3.05, 3.63) is 71.9 Å². The van der Waals surface area contributed by atoms with Crippen LogP contribution < -0.4 is 0 Å². The molecule has 2 aliphatic carbocycles. The van der Waals surface area contributed by atoms with Gasteiger partial charge in [0.2, 0.25) is 11.7 Å². The lowest BCUT2D eigenvalue weighted by molar-refractivity contribution is -0.321. The smallest absolute Gasteiger partial charge is 0.329 e. The number of nitrogens with zero attached hydrogens (tertiary/aromatic N) is 2. The van der Waals surface area contributed by atoms with Crippen LogP contribution in [-0.2, 0) is 71.5 Å². The van der Waals surface area contributed by atoms with E-state index in [2.05, 4.69) is 20.1 Å². The molecule has 8 aliphatic rings. The zero-order valence-electron chi connectivity index (χ0n) is 69.4. The highest BCUT2D eigenvalue weighted by Crippen LogP contribution is 2.43. The molecule has 634 valence electrons. The van der Waals surface area contributed by atoms with E-state index in [0.717, 1.165) is 16.0 Å². The highest BCUT2D eigenvalue weighted by atomic mass is 16.7. The number of aliphatic hydroxyl groups is 8. The Hall–Kier alpha value is -5.23. The van der Waals surface area contributed by atoms with Gasteiger partial charge >= 0.3 is 11.9 Å². The number of carbonyl (C=O) groups is 7. The van der Waals surface area contributed by atoms with Crippen molar-refractivity contribution in [2.24, 2.45) is 65.1 Å². The minimum absolute atomic E-state index is 0.00242. The monoisotopic (exact) mass is 1580 g/mol. The minimum atomic E-state index is -2.52. The molecule has 8 rings (SSSR count). The summed E-state index contributed by atoms with van der Waals surface area (Å²) in [6, 6.07) is -2.08. The maximum absolute atomic E-state index is 14.3. The van der Waals surface area contributed by atoms with E-state index in [1.165, 1.54) is 19.1 Å². The number of rotatable bonds is 13. The fraction of sp³-hybridized carbons (Fsp3) is 0.782. The van der Waals surface area contributed by atoms with Crippen molar-refractivity contribution in [3.8, 4) is 0 Å². The van der Waals surface area contributed by atoms with Crippen LogP contribution in [0, 0.1) is 65.1 Å². The quantitative estimate of drug-likeness (QED) is 0.0484. The average molecular weight is 1580 g/mol. The molecule has 25 heteroatoms. The second kappa shape index (κ2) is 43.3. The Bertz CT molecular complexity index is 3260. The van der Waals surface area contributed by atoms with Crippen LogP contribution in [0.3, 0.4) is 0 Å². The van der Waals surface area contributed by atoms with Crippen LogP contribution in [0.4, 0.5) is 0 Å². The fourth-order valence-electron chi connectivity index (χ4n) is 18.8. The van der Waals surface area contributed by atoms with Crippen molar-refractivity contribution in [3.63, 3.8) is 0 Å². The van der Waals surface area contributed by atoms with Crippen LogP contribution in [-0.4, -0.2) is 243 Å². The predicted octanol–water partition coefficient (Wildman–Crippen LogP) is 9.04. The number of methoxy groups -OCH3 is 4. The van der Waals surface area contributed by atoms with Crippen LogP contribution in [0.2, 0.25) is 0 Å². The third-order valence-corrected chi connectivity index (χ3v) is 25.7. The lowest BCUT2D eigenvalue weighted by atomic mass is 9.78. The summed E-state index contributed by atoms with van der Waals surface area (Å²) in [6.07, 6.45) is 9.91. The van der Waals surface area contributed by atoms with E-state index in [-0.39, 0.29) is 86.4 Å². The van der Waals surface area contributed by atoms with E-state index in [4.69, 9.17) is 37.9 Å². The molecule has 6 heterocycles. The molecule has 8 N–H and O–H groups in total. The van der Waals surface area contributed by atoms with Crippen molar-refractivity contribution in [1.29, 1.82) is 0 Å². The van der Waals surface area contributed by atoms with Gasteiger partial charge in [0, 0.05) is 102 Å². The Balaban J connectivity index is 0.000000311. The summed E-state index contributed by atoms with van der Waals surface area (Å²) in [5.41, 5.74) is 3.24. The summed E-state index contributed by atoms with van der Waals surface area (Å²) < 4.78 is 48.8. The number of hydrogen-bond donors (Lipinski definition) is 8. The molecule has 6 aliphatic heterocycles. The van der Waals surface area contributed by atoms with Crippen molar-refractivity contribution in [2.45, 2.75) is 320 Å². The van der Waals surface area contributed by atoms with E-state index in [1.807, 2.05) is 58.9 Å². The number of fused-ring (bicyclic) bond motifs is 6. The van der Waals surface area contributed by atoms with Gasteiger partial charge in [-0.15, -0.1) is 13.2 Å². The number of carbonyl (C=O) groups excluding carboxylic acids is 7. The molecule has 4 bridgehead atoms. The Morgan fingerprint density at radius 2 is 0.955 bits per heavy atom. The SMILES string of the molecule is C=CC[C@@H]1/C=C(\C)C[C@H](C)C[C@H](OC)[C@H]2O[C@@](O)(C(=O)C(=O)N3CCCCC3C(=O)O[C@H](/C(C)=C/C3CC[C@@H](O)[C@H](O)C3)[C@H](C)[C@H](O)CC1=O)[C@H](C)C[C@@H]2OC.C=CC[C@@H]1/C=C(\C)C[C@H](C)C[C@H](OC)[C@H]2O[C@@](O)(CC(=O)N3CCCCC3C(=O)O[C@H](/C(C)=C/C3CC[C@@H](O)[C@H](CO)C3)[C@H](C)[C@H](O)CC1=O)[C@H](C)C[C@@H]2OC. The third-order valence-electron chi connectivity index (χ3n) is 25.7. The number of cyclic esters (lactones) is 2. The number of hydrogen-bond acceptors (Lipinski definition) is 23. The maximum atomic E-state index is 14.3. The predicted molar refractivity (Wildman–Crippen MR) is 420 cm³/mol. The molecule has 4 saturated heterocycles. The second-order valence-corrected chi connectivity index (χ2v) is 34.6. The van der Waals surface area contributed by atoms with E-state index in [1.54, 1.807) is 54.1 Å². The van der Waals surface area contributed by atoms with Crippen LogP contribution >= 0.6 is 0 Å². The van der Waals surface area contributed by atoms with E-state index in [9.17, 15) is 74.4 Å². The van der Waals surface area contributed by atoms with Crippen molar-refractivity contribution in [1.82, 2.24) is 9.80 Å². The van der Waals surface area contributed by atoms with Crippen molar-refractivity contribution < 1.29 is 112 Å². The molecule has 112 heavy (non-hydrogen) atoms. The zero-order chi connectivity index (χ0) is 82.8. The first-order valence-corrected chi connectivity index (χ1v) is 41.5. The van der Waals surface area contributed by atoms with Gasteiger partial charge in [-0.3, -0.25) is 24.0 Å². The van der Waals surface area contributed by atoms with Gasteiger partial charge in [0.25, 0.3) is 11.7 Å². The number of amides is 2. The number of ketones is 3. The minimum Gasteiger partial charge on any atom is -0.456 e. The first-order chi connectivity index (χ1) is 53.0. The molecule has 28 atom stereocenters. The van der Waals surface area contributed by atoms with Crippen LogP contribution in [0.1, 0.15) is 217 Å². The Morgan fingerprint density at radius 1 is 0.527 bits per heavy atom. The Labute approximate surface area is 665 Å².